The number of hydrogen-bond acceptors (Lipinski definition) is 5. The van der Waals surface area contributed by atoms with Crippen LogP contribution in [0.3, 0.4) is 0 Å². The van der Waals surface area contributed by atoms with E-state index in [0.29, 0.717) is 13.1 Å². The van der Waals surface area contributed by atoms with Gasteiger partial charge in [-0.25, -0.2) is 14.5 Å². The van der Waals surface area contributed by atoms with Gasteiger partial charge in [0, 0.05) is 18.2 Å². The minimum absolute atomic E-state index is 0.198. The SMILES string of the molecule is Cc1nc(C)c(-c2ccc(=O)n(CCNC(=O)NC(C)(C)C)n2)s1. The van der Waals surface area contributed by atoms with Crippen LogP contribution in [0.25, 0.3) is 10.6 Å². The first-order valence-corrected chi connectivity index (χ1v) is 8.56. The van der Waals surface area contributed by atoms with Crippen molar-refractivity contribution in [3.63, 3.8) is 0 Å². The summed E-state index contributed by atoms with van der Waals surface area (Å²) in [6.45, 7) is 10.2. The van der Waals surface area contributed by atoms with Crippen LogP contribution >= 0.6 is 11.3 Å². The van der Waals surface area contributed by atoms with Crippen LogP contribution in [-0.2, 0) is 6.54 Å². The second-order valence-corrected chi connectivity index (χ2v) is 7.76. The van der Waals surface area contributed by atoms with Gasteiger partial charge in [-0.1, -0.05) is 0 Å². The minimum Gasteiger partial charge on any atom is -0.336 e. The molecule has 2 heterocycles. The van der Waals surface area contributed by atoms with Gasteiger partial charge in [0.25, 0.3) is 5.56 Å². The van der Waals surface area contributed by atoms with E-state index < -0.39 is 0 Å². The number of rotatable bonds is 4. The van der Waals surface area contributed by atoms with Crippen molar-refractivity contribution in [2.75, 3.05) is 6.54 Å². The average Bonchev–Trinajstić information content (AvgIpc) is 2.78. The molecular formula is C16H23N5O2S. The van der Waals surface area contributed by atoms with Crippen LogP contribution in [0.1, 0.15) is 31.5 Å². The summed E-state index contributed by atoms with van der Waals surface area (Å²) in [5.74, 6) is 0. The summed E-state index contributed by atoms with van der Waals surface area (Å²) in [5, 5.41) is 10.9. The molecule has 2 aromatic heterocycles. The van der Waals surface area contributed by atoms with Crippen molar-refractivity contribution in [3.05, 3.63) is 33.2 Å². The quantitative estimate of drug-likeness (QED) is 0.884. The van der Waals surface area contributed by atoms with Crippen molar-refractivity contribution in [1.29, 1.82) is 0 Å². The molecule has 0 radical (unpaired) electrons. The summed E-state index contributed by atoms with van der Waals surface area (Å²) in [5.41, 5.74) is 1.12. The van der Waals surface area contributed by atoms with E-state index in [1.54, 1.807) is 17.4 Å². The molecule has 2 aromatic rings. The predicted molar refractivity (Wildman–Crippen MR) is 95.4 cm³/mol. The molecule has 2 N–H and O–H groups in total. The zero-order chi connectivity index (χ0) is 17.9. The summed E-state index contributed by atoms with van der Waals surface area (Å²) in [4.78, 5) is 29.0. The number of thiazole rings is 1. The van der Waals surface area contributed by atoms with Gasteiger partial charge in [-0.2, -0.15) is 5.10 Å². The first kappa shape index (κ1) is 18.1. The number of aromatic nitrogens is 3. The Morgan fingerprint density at radius 2 is 2.00 bits per heavy atom. The molecule has 0 aliphatic rings. The highest BCUT2D eigenvalue weighted by Gasteiger charge is 2.13. The maximum Gasteiger partial charge on any atom is 0.315 e. The Kier molecular flexibility index (Phi) is 5.38. The molecule has 0 saturated heterocycles. The molecule has 130 valence electrons. The molecule has 2 amide bonds. The van der Waals surface area contributed by atoms with Crippen molar-refractivity contribution in [2.45, 2.75) is 46.7 Å². The van der Waals surface area contributed by atoms with Crippen molar-refractivity contribution in [3.8, 4) is 10.6 Å². The monoisotopic (exact) mass is 349 g/mol. The van der Waals surface area contributed by atoms with Crippen molar-refractivity contribution in [2.24, 2.45) is 0 Å². The lowest BCUT2D eigenvalue weighted by Gasteiger charge is -2.20. The van der Waals surface area contributed by atoms with E-state index in [9.17, 15) is 9.59 Å². The van der Waals surface area contributed by atoms with Gasteiger partial charge in [-0.3, -0.25) is 4.79 Å². The van der Waals surface area contributed by atoms with Gasteiger partial charge in [0.15, 0.2) is 0 Å². The number of amides is 2. The third-order valence-corrected chi connectivity index (χ3v) is 4.20. The second-order valence-electron chi connectivity index (χ2n) is 6.56. The molecule has 2 rings (SSSR count). The van der Waals surface area contributed by atoms with E-state index >= 15 is 0 Å². The molecule has 0 aromatic carbocycles. The number of urea groups is 1. The van der Waals surface area contributed by atoms with Crippen LogP contribution in [0.2, 0.25) is 0 Å². The molecule has 0 aliphatic heterocycles. The fourth-order valence-electron chi connectivity index (χ4n) is 2.16. The van der Waals surface area contributed by atoms with Crippen LogP contribution in [0.4, 0.5) is 4.79 Å². The zero-order valence-corrected chi connectivity index (χ0v) is 15.5. The Balaban J connectivity index is 2.06. The number of carbonyl (C=O) groups excluding carboxylic acids is 1. The Morgan fingerprint density at radius 3 is 2.58 bits per heavy atom. The summed E-state index contributed by atoms with van der Waals surface area (Å²) in [6, 6.07) is 2.94. The largest absolute Gasteiger partial charge is 0.336 e. The highest BCUT2D eigenvalue weighted by atomic mass is 32.1. The third-order valence-electron chi connectivity index (χ3n) is 3.10. The first-order valence-electron chi connectivity index (χ1n) is 7.74. The molecular weight excluding hydrogens is 326 g/mol. The maximum absolute atomic E-state index is 12.0. The first-order chi connectivity index (χ1) is 11.2. The van der Waals surface area contributed by atoms with Crippen molar-refractivity contribution in [1.82, 2.24) is 25.4 Å². The molecule has 7 nitrogen and oxygen atoms in total. The maximum atomic E-state index is 12.0. The van der Waals surface area contributed by atoms with Crippen LogP contribution in [-0.4, -0.2) is 32.9 Å². The third kappa shape index (κ3) is 4.89. The number of hydrogen-bond donors (Lipinski definition) is 2. The van der Waals surface area contributed by atoms with Crippen molar-refractivity contribution >= 4 is 17.4 Å². The molecule has 0 aliphatic carbocycles. The lowest BCUT2D eigenvalue weighted by Crippen LogP contribution is -2.47. The number of nitrogens with zero attached hydrogens (tertiary/aromatic N) is 3. The van der Waals surface area contributed by atoms with E-state index in [1.165, 1.54) is 10.7 Å². The molecule has 0 bridgehead atoms. The Bertz CT molecular complexity index is 788. The fourth-order valence-corrected chi connectivity index (χ4v) is 3.04. The predicted octanol–water partition coefficient (Wildman–Crippen LogP) is 2.08. The minimum atomic E-state index is -0.305. The standard InChI is InChI=1S/C16H23N5O2S/c1-10-14(24-11(2)18-10)12-6-7-13(22)21(20-12)9-8-17-15(23)19-16(3,4)5/h6-7H,8-9H2,1-5H3,(H2,17,19,23). The van der Waals surface area contributed by atoms with Crippen LogP contribution in [0.5, 0.6) is 0 Å². The van der Waals surface area contributed by atoms with E-state index in [0.717, 1.165) is 21.3 Å². The normalized spacial score (nSPS) is 11.4. The molecule has 24 heavy (non-hydrogen) atoms. The van der Waals surface area contributed by atoms with E-state index in [4.69, 9.17) is 0 Å². The topological polar surface area (TPSA) is 88.9 Å². The van der Waals surface area contributed by atoms with Gasteiger partial charge >= 0.3 is 6.03 Å². The van der Waals surface area contributed by atoms with Crippen molar-refractivity contribution < 1.29 is 4.79 Å². The fraction of sp³-hybridized carbons (Fsp3) is 0.500. The number of nitrogens with one attached hydrogen (secondary N) is 2. The van der Waals surface area contributed by atoms with Gasteiger partial charge in [-0.15, -0.1) is 11.3 Å². The molecule has 0 saturated carbocycles. The molecule has 8 heteroatoms. The highest BCUT2D eigenvalue weighted by Crippen LogP contribution is 2.27. The lowest BCUT2D eigenvalue weighted by atomic mass is 10.1. The van der Waals surface area contributed by atoms with E-state index in [1.807, 2.05) is 34.6 Å². The second kappa shape index (κ2) is 7.12. The molecule has 0 unspecified atom stereocenters. The van der Waals surface area contributed by atoms with E-state index in [2.05, 4.69) is 20.7 Å². The van der Waals surface area contributed by atoms with Gasteiger partial charge in [0.1, 0.15) is 5.69 Å². The molecule has 0 atom stereocenters. The van der Waals surface area contributed by atoms with Gasteiger partial charge in [0.2, 0.25) is 0 Å². The lowest BCUT2D eigenvalue weighted by molar-refractivity contribution is 0.231. The van der Waals surface area contributed by atoms with Crippen LogP contribution < -0.4 is 16.2 Å². The van der Waals surface area contributed by atoms with Crippen LogP contribution in [0, 0.1) is 13.8 Å². The summed E-state index contributed by atoms with van der Waals surface area (Å²) >= 11 is 1.55. The van der Waals surface area contributed by atoms with Gasteiger partial charge in [-0.05, 0) is 40.7 Å². The van der Waals surface area contributed by atoms with E-state index in [-0.39, 0.29) is 17.1 Å². The Morgan fingerprint density at radius 1 is 1.29 bits per heavy atom. The summed E-state index contributed by atoms with van der Waals surface area (Å²) in [7, 11) is 0. The van der Waals surface area contributed by atoms with Crippen LogP contribution in [0.15, 0.2) is 16.9 Å². The number of aryl methyl sites for hydroxylation is 2. The smallest absolute Gasteiger partial charge is 0.315 e. The summed E-state index contributed by atoms with van der Waals surface area (Å²) in [6.07, 6.45) is 0. The summed E-state index contributed by atoms with van der Waals surface area (Å²) < 4.78 is 1.36. The molecule has 0 fully saturated rings. The zero-order valence-electron chi connectivity index (χ0n) is 14.6. The van der Waals surface area contributed by atoms with Gasteiger partial charge in [0.05, 0.1) is 22.1 Å². The Labute approximate surface area is 145 Å². The molecule has 0 spiro atoms. The van der Waals surface area contributed by atoms with Gasteiger partial charge < -0.3 is 10.6 Å². The number of carbonyl (C=O) groups is 1. The Hall–Kier alpha value is -2.22. The highest BCUT2D eigenvalue weighted by molar-refractivity contribution is 7.15. The average molecular weight is 349 g/mol.